The zero-order valence-electron chi connectivity index (χ0n) is 11.1. The number of aliphatic carboxylic acids is 1. The first-order valence-corrected chi connectivity index (χ1v) is 6.02. The van der Waals surface area contributed by atoms with Gasteiger partial charge in [0.25, 0.3) is 5.91 Å². The highest BCUT2D eigenvalue weighted by Gasteiger charge is 2.19. The normalized spacial score (nSPS) is 10.5. The second-order valence-electron chi connectivity index (χ2n) is 4.19. The first kappa shape index (κ1) is 13.8. The van der Waals surface area contributed by atoms with E-state index in [1.807, 2.05) is 6.92 Å². The van der Waals surface area contributed by atoms with Crippen molar-refractivity contribution in [2.24, 2.45) is 0 Å². The molecular formula is C12H14N4O4. The fourth-order valence-corrected chi connectivity index (χ4v) is 1.80. The van der Waals surface area contributed by atoms with Gasteiger partial charge in [0.15, 0.2) is 0 Å². The number of nitrogens with one attached hydrogen (secondary N) is 1. The third-order valence-electron chi connectivity index (χ3n) is 2.68. The van der Waals surface area contributed by atoms with Gasteiger partial charge in [0.05, 0.1) is 17.6 Å². The predicted octanol–water partition coefficient (Wildman–Crippen LogP) is 1.08. The maximum atomic E-state index is 12.1. The van der Waals surface area contributed by atoms with Crippen LogP contribution < -0.4 is 5.32 Å². The highest BCUT2D eigenvalue weighted by molar-refractivity contribution is 6.05. The minimum absolute atomic E-state index is 0.262. The molecule has 106 valence electrons. The molecular weight excluding hydrogens is 264 g/mol. The summed E-state index contributed by atoms with van der Waals surface area (Å²) in [7, 11) is 0. The third-order valence-corrected chi connectivity index (χ3v) is 2.68. The minimum atomic E-state index is -1.01. The fourth-order valence-electron chi connectivity index (χ4n) is 1.80. The highest BCUT2D eigenvalue weighted by Crippen LogP contribution is 2.16. The Morgan fingerprint density at radius 1 is 1.50 bits per heavy atom. The lowest BCUT2D eigenvalue weighted by molar-refractivity contribution is -0.137. The first-order valence-electron chi connectivity index (χ1n) is 6.02. The van der Waals surface area contributed by atoms with E-state index in [2.05, 4.69) is 15.6 Å². The van der Waals surface area contributed by atoms with E-state index in [0.717, 1.165) is 0 Å². The number of carboxylic acids is 1. The van der Waals surface area contributed by atoms with Crippen LogP contribution in [0.4, 0.5) is 5.69 Å². The Morgan fingerprint density at radius 3 is 2.90 bits per heavy atom. The van der Waals surface area contributed by atoms with Gasteiger partial charge < -0.3 is 14.9 Å². The molecule has 2 heterocycles. The van der Waals surface area contributed by atoms with Crippen molar-refractivity contribution in [3.05, 3.63) is 29.4 Å². The maximum absolute atomic E-state index is 12.1. The molecule has 8 nitrogen and oxygen atoms in total. The summed E-state index contributed by atoms with van der Waals surface area (Å²) in [6, 6.07) is 0. The van der Waals surface area contributed by atoms with Gasteiger partial charge in [-0.25, -0.2) is 0 Å². The summed E-state index contributed by atoms with van der Waals surface area (Å²) in [4.78, 5) is 22.7. The van der Waals surface area contributed by atoms with Crippen LogP contribution in [-0.4, -0.2) is 31.9 Å². The molecule has 0 atom stereocenters. The van der Waals surface area contributed by atoms with Crippen molar-refractivity contribution in [2.45, 2.75) is 26.8 Å². The van der Waals surface area contributed by atoms with Gasteiger partial charge in [-0.2, -0.15) is 5.10 Å². The van der Waals surface area contributed by atoms with Gasteiger partial charge >= 0.3 is 5.97 Å². The summed E-state index contributed by atoms with van der Waals surface area (Å²) in [5.74, 6) is -0.915. The van der Waals surface area contributed by atoms with Crippen molar-refractivity contribution in [1.29, 1.82) is 0 Å². The van der Waals surface area contributed by atoms with E-state index in [-0.39, 0.29) is 12.5 Å². The van der Waals surface area contributed by atoms with Crippen molar-refractivity contribution < 1.29 is 19.2 Å². The second-order valence-corrected chi connectivity index (χ2v) is 4.19. The predicted molar refractivity (Wildman–Crippen MR) is 68.4 cm³/mol. The molecule has 0 bridgehead atoms. The summed E-state index contributed by atoms with van der Waals surface area (Å²) < 4.78 is 6.22. The van der Waals surface area contributed by atoms with E-state index in [1.165, 1.54) is 17.1 Å². The molecule has 0 aliphatic heterocycles. The number of rotatable bonds is 5. The topological polar surface area (TPSA) is 110 Å². The molecule has 2 aromatic rings. The number of nitrogens with zero attached hydrogens (tertiary/aromatic N) is 3. The number of carboxylic acid groups (broad SMARTS) is 1. The molecule has 1 amide bonds. The Balaban J connectivity index is 2.13. The number of aromatic nitrogens is 3. The third kappa shape index (κ3) is 2.85. The van der Waals surface area contributed by atoms with E-state index in [1.54, 1.807) is 6.92 Å². The van der Waals surface area contributed by atoms with Crippen LogP contribution in [0.2, 0.25) is 0 Å². The smallest absolute Gasteiger partial charge is 0.325 e. The molecule has 0 saturated heterocycles. The molecule has 0 aliphatic rings. The van der Waals surface area contributed by atoms with Crippen LogP contribution in [0.25, 0.3) is 0 Å². The summed E-state index contributed by atoms with van der Waals surface area (Å²) in [5, 5.41) is 18.9. The lowest BCUT2D eigenvalue weighted by Gasteiger charge is -2.01. The summed E-state index contributed by atoms with van der Waals surface area (Å²) in [6.45, 7) is 3.27. The standard InChI is InChI=1S/C12H14N4O4/c1-3-9-11(7(2)20-15-9)12(19)14-8-4-13-16(5-8)6-10(17)18/h4-5H,3,6H2,1-2H3,(H,14,19)(H,17,18). The molecule has 8 heteroatoms. The largest absolute Gasteiger partial charge is 0.480 e. The monoisotopic (exact) mass is 278 g/mol. The van der Waals surface area contributed by atoms with Crippen molar-refractivity contribution >= 4 is 17.6 Å². The molecule has 0 aromatic carbocycles. The quantitative estimate of drug-likeness (QED) is 0.846. The zero-order valence-corrected chi connectivity index (χ0v) is 11.1. The summed E-state index contributed by atoms with van der Waals surface area (Å²) in [6.07, 6.45) is 3.41. The van der Waals surface area contributed by atoms with Crippen molar-refractivity contribution in [1.82, 2.24) is 14.9 Å². The van der Waals surface area contributed by atoms with E-state index in [9.17, 15) is 9.59 Å². The Hall–Kier alpha value is -2.64. The molecule has 0 saturated carbocycles. The Kier molecular flexibility index (Phi) is 3.83. The lowest BCUT2D eigenvalue weighted by atomic mass is 10.1. The van der Waals surface area contributed by atoms with Crippen LogP contribution in [0.1, 0.15) is 28.7 Å². The summed E-state index contributed by atoms with van der Waals surface area (Å²) in [5.41, 5.74) is 1.40. The molecule has 0 aliphatic carbocycles. The van der Waals surface area contributed by atoms with Crippen LogP contribution in [0.15, 0.2) is 16.9 Å². The molecule has 0 radical (unpaired) electrons. The molecule has 2 N–H and O–H groups in total. The van der Waals surface area contributed by atoms with E-state index >= 15 is 0 Å². The van der Waals surface area contributed by atoms with Crippen LogP contribution in [0.3, 0.4) is 0 Å². The minimum Gasteiger partial charge on any atom is -0.480 e. The van der Waals surface area contributed by atoms with Crippen molar-refractivity contribution in [3.63, 3.8) is 0 Å². The van der Waals surface area contributed by atoms with Gasteiger partial charge in [-0.3, -0.25) is 14.3 Å². The number of carbonyl (C=O) groups is 2. The van der Waals surface area contributed by atoms with Crippen LogP contribution >= 0.6 is 0 Å². The molecule has 0 unspecified atom stereocenters. The van der Waals surface area contributed by atoms with Gasteiger partial charge in [-0.1, -0.05) is 12.1 Å². The average molecular weight is 278 g/mol. The first-order chi connectivity index (χ1) is 9.51. The lowest BCUT2D eigenvalue weighted by Crippen LogP contribution is -2.14. The van der Waals surface area contributed by atoms with E-state index in [4.69, 9.17) is 9.63 Å². The Labute approximate surface area is 114 Å². The number of anilines is 1. The van der Waals surface area contributed by atoms with Crippen molar-refractivity contribution in [2.75, 3.05) is 5.32 Å². The van der Waals surface area contributed by atoms with Crippen LogP contribution in [-0.2, 0) is 17.8 Å². The molecule has 0 spiro atoms. The van der Waals surface area contributed by atoms with Gasteiger partial charge in [-0.15, -0.1) is 0 Å². The number of hydrogen-bond donors (Lipinski definition) is 2. The second kappa shape index (κ2) is 5.55. The average Bonchev–Trinajstić information content (AvgIpc) is 2.95. The van der Waals surface area contributed by atoms with Crippen molar-refractivity contribution in [3.8, 4) is 0 Å². The summed E-state index contributed by atoms with van der Waals surface area (Å²) >= 11 is 0. The fraction of sp³-hybridized carbons (Fsp3) is 0.333. The maximum Gasteiger partial charge on any atom is 0.325 e. The van der Waals surface area contributed by atoms with E-state index < -0.39 is 5.97 Å². The number of aryl methyl sites for hydroxylation is 2. The highest BCUT2D eigenvalue weighted by atomic mass is 16.5. The Morgan fingerprint density at radius 2 is 2.25 bits per heavy atom. The SMILES string of the molecule is CCc1noc(C)c1C(=O)Nc1cnn(CC(=O)O)c1. The number of carbonyl (C=O) groups excluding carboxylic acids is 1. The zero-order chi connectivity index (χ0) is 14.7. The van der Waals surface area contributed by atoms with Crippen LogP contribution in [0.5, 0.6) is 0 Å². The van der Waals surface area contributed by atoms with Gasteiger partial charge in [0, 0.05) is 6.20 Å². The van der Waals surface area contributed by atoms with Gasteiger partial charge in [0.2, 0.25) is 0 Å². The molecule has 20 heavy (non-hydrogen) atoms. The van der Waals surface area contributed by atoms with Gasteiger partial charge in [0.1, 0.15) is 17.9 Å². The van der Waals surface area contributed by atoms with Crippen LogP contribution in [0, 0.1) is 6.92 Å². The number of amides is 1. The molecule has 0 fully saturated rings. The van der Waals surface area contributed by atoms with Gasteiger partial charge in [-0.05, 0) is 13.3 Å². The van der Waals surface area contributed by atoms with E-state index in [0.29, 0.717) is 29.1 Å². The molecule has 2 rings (SSSR count). The molecule has 2 aromatic heterocycles. The Bertz CT molecular complexity index is 644. The number of hydrogen-bond acceptors (Lipinski definition) is 5.